The normalized spacial score (nSPS) is 27.3. The standard InChI is InChI=1S/C14H14O/c1-9-7-10(2)14-11-5-3-4-6-12(11)15-13(14)8-9/h3-8,10,14H,1-2H3. The summed E-state index contributed by atoms with van der Waals surface area (Å²) < 4.78 is 5.87. The van der Waals surface area contributed by atoms with Gasteiger partial charge in [-0.05, 0) is 25.0 Å². The molecule has 0 aromatic heterocycles. The van der Waals surface area contributed by atoms with Gasteiger partial charge in [0.25, 0.3) is 0 Å². The molecule has 2 atom stereocenters. The smallest absolute Gasteiger partial charge is 0.130 e. The molecule has 1 heteroatoms. The molecular formula is C14H14O. The van der Waals surface area contributed by atoms with Crippen molar-refractivity contribution in [1.29, 1.82) is 0 Å². The summed E-state index contributed by atoms with van der Waals surface area (Å²) in [6, 6.07) is 8.34. The third-order valence-electron chi connectivity index (χ3n) is 3.21. The summed E-state index contributed by atoms with van der Waals surface area (Å²) >= 11 is 0. The van der Waals surface area contributed by atoms with Crippen molar-refractivity contribution in [1.82, 2.24) is 0 Å². The van der Waals surface area contributed by atoms with Gasteiger partial charge in [0.15, 0.2) is 0 Å². The predicted octanol–water partition coefficient (Wildman–Crippen LogP) is 3.64. The van der Waals surface area contributed by atoms with Crippen molar-refractivity contribution < 1.29 is 4.74 Å². The Balaban J connectivity index is 2.13. The zero-order chi connectivity index (χ0) is 10.4. The molecule has 0 saturated heterocycles. The molecule has 1 aromatic carbocycles. The zero-order valence-electron chi connectivity index (χ0n) is 9.03. The fourth-order valence-corrected chi connectivity index (χ4v) is 2.62. The highest BCUT2D eigenvalue weighted by molar-refractivity contribution is 5.50. The number of ether oxygens (including phenoxy) is 1. The third-order valence-corrected chi connectivity index (χ3v) is 3.21. The lowest BCUT2D eigenvalue weighted by molar-refractivity contribution is 0.402. The summed E-state index contributed by atoms with van der Waals surface area (Å²) in [5.74, 6) is 3.12. The molecule has 1 heterocycles. The van der Waals surface area contributed by atoms with E-state index in [0.717, 1.165) is 11.5 Å². The lowest BCUT2D eigenvalue weighted by Gasteiger charge is -2.21. The maximum Gasteiger partial charge on any atom is 0.130 e. The van der Waals surface area contributed by atoms with Crippen molar-refractivity contribution in [3.05, 3.63) is 53.3 Å². The highest BCUT2D eigenvalue weighted by atomic mass is 16.5. The number of hydrogen-bond donors (Lipinski definition) is 0. The highest BCUT2D eigenvalue weighted by Crippen LogP contribution is 2.47. The van der Waals surface area contributed by atoms with Gasteiger partial charge >= 0.3 is 0 Å². The Bertz CT molecular complexity index is 468. The van der Waals surface area contributed by atoms with Crippen LogP contribution in [0.2, 0.25) is 0 Å². The molecule has 0 saturated carbocycles. The van der Waals surface area contributed by atoms with Crippen LogP contribution in [0.1, 0.15) is 25.3 Å². The van der Waals surface area contributed by atoms with Crippen molar-refractivity contribution in [2.24, 2.45) is 5.92 Å². The summed E-state index contributed by atoms with van der Waals surface area (Å²) in [5, 5.41) is 0. The van der Waals surface area contributed by atoms with Crippen molar-refractivity contribution in [3.63, 3.8) is 0 Å². The summed E-state index contributed by atoms with van der Waals surface area (Å²) in [5.41, 5.74) is 2.64. The summed E-state index contributed by atoms with van der Waals surface area (Å²) in [6.07, 6.45) is 4.48. The Kier molecular flexibility index (Phi) is 1.75. The molecule has 1 aliphatic heterocycles. The van der Waals surface area contributed by atoms with Gasteiger partial charge < -0.3 is 4.74 Å². The van der Waals surface area contributed by atoms with Crippen LogP contribution in [-0.2, 0) is 0 Å². The van der Waals surface area contributed by atoms with Gasteiger partial charge in [0, 0.05) is 5.56 Å². The number of rotatable bonds is 0. The molecule has 3 rings (SSSR count). The molecular weight excluding hydrogens is 184 g/mol. The SMILES string of the molecule is CC1=CC(C)C2C(=C1)Oc1ccccc12. The molecule has 0 bridgehead atoms. The molecule has 1 aliphatic carbocycles. The number of para-hydroxylation sites is 1. The highest BCUT2D eigenvalue weighted by Gasteiger charge is 2.34. The quantitative estimate of drug-likeness (QED) is 0.618. The zero-order valence-corrected chi connectivity index (χ0v) is 9.03. The van der Waals surface area contributed by atoms with Crippen LogP contribution in [0.3, 0.4) is 0 Å². The van der Waals surface area contributed by atoms with E-state index >= 15 is 0 Å². The van der Waals surface area contributed by atoms with Crippen LogP contribution in [0.15, 0.2) is 47.7 Å². The minimum Gasteiger partial charge on any atom is -0.461 e. The Labute approximate surface area is 90.1 Å². The first-order chi connectivity index (χ1) is 7.25. The van der Waals surface area contributed by atoms with Crippen molar-refractivity contribution in [2.75, 3.05) is 0 Å². The second-order valence-corrected chi connectivity index (χ2v) is 4.43. The molecule has 1 nitrogen and oxygen atoms in total. The van der Waals surface area contributed by atoms with E-state index in [0.29, 0.717) is 11.8 Å². The minimum atomic E-state index is 0.435. The third kappa shape index (κ3) is 1.23. The van der Waals surface area contributed by atoms with Crippen LogP contribution in [0.4, 0.5) is 0 Å². The van der Waals surface area contributed by atoms with Gasteiger partial charge in [0.1, 0.15) is 11.5 Å². The van der Waals surface area contributed by atoms with E-state index in [1.54, 1.807) is 0 Å². The summed E-state index contributed by atoms with van der Waals surface area (Å²) in [4.78, 5) is 0. The van der Waals surface area contributed by atoms with E-state index in [-0.39, 0.29) is 0 Å². The Morgan fingerprint density at radius 2 is 2.00 bits per heavy atom. The lowest BCUT2D eigenvalue weighted by Crippen LogP contribution is -2.11. The molecule has 76 valence electrons. The number of allylic oxidation sites excluding steroid dienone is 4. The molecule has 2 aliphatic rings. The predicted molar refractivity (Wildman–Crippen MR) is 60.8 cm³/mol. The number of hydrogen-bond acceptors (Lipinski definition) is 1. The Morgan fingerprint density at radius 1 is 1.20 bits per heavy atom. The van der Waals surface area contributed by atoms with Crippen LogP contribution in [0, 0.1) is 5.92 Å². The van der Waals surface area contributed by atoms with Crippen LogP contribution in [-0.4, -0.2) is 0 Å². The van der Waals surface area contributed by atoms with Crippen molar-refractivity contribution in [2.45, 2.75) is 19.8 Å². The van der Waals surface area contributed by atoms with E-state index in [4.69, 9.17) is 4.74 Å². The average molecular weight is 198 g/mol. The van der Waals surface area contributed by atoms with Crippen LogP contribution < -0.4 is 4.74 Å². The first-order valence-electron chi connectivity index (χ1n) is 5.42. The van der Waals surface area contributed by atoms with E-state index in [9.17, 15) is 0 Å². The van der Waals surface area contributed by atoms with Crippen LogP contribution in [0.25, 0.3) is 0 Å². The van der Waals surface area contributed by atoms with Crippen LogP contribution >= 0.6 is 0 Å². The molecule has 0 spiro atoms. The second kappa shape index (κ2) is 2.99. The average Bonchev–Trinajstić information content (AvgIpc) is 2.54. The molecule has 0 fully saturated rings. The van der Waals surface area contributed by atoms with E-state index in [1.807, 2.05) is 6.07 Å². The van der Waals surface area contributed by atoms with Gasteiger partial charge in [-0.15, -0.1) is 0 Å². The fraction of sp³-hybridized carbons (Fsp3) is 0.286. The van der Waals surface area contributed by atoms with Gasteiger partial charge in [-0.25, -0.2) is 0 Å². The van der Waals surface area contributed by atoms with Gasteiger partial charge in [-0.2, -0.15) is 0 Å². The minimum absolute atomic E-state index is 0.435. The largest absolute Gasteiger partial charge is 0.461 e. The topological polar surface area (TPSA) is 9.23 Å². The second-order valence-electron chi connectivity index (χ2n) is 4.43. The maximum atomic E-state index is 5.87. The molecule has 1 aromatic rings. The van der Waals surface area contributed by atoms with E-state index < -0.39 is 0 Å². The Hall–Kier alpha value is -1.50. The van der Waals surface area contributed by atoms with Gasteiger partial charge in [0.05, 0.1) is 5.92 Å². The van der Waals surface area contributed by atoms with E-state index in [1.165, 1.54) is 11.1 Å². The molecule has 0 amide bonds. The Morgan fingerprint density at radius 3 is 2.87 bits per heavy atom. The molecule has 0 radical (unpaired) electrons. The summed E-state index contributed by atoms with van der Waals surface area (Å²) in [6.45, 7) is 4.39. The first-order valence-corrected chi connectivity index (χ1v) is 5.42. The fourth-order valence-electron chi connectivity index (χ4n) is 2.62. The van der Waals surface area contributed by atoms with Gasteiger partial charge in [-0.1, -0.05) is 36.8 Å². The molecule has 15 heavy (non-hydrogen) atoms. The molecule has 2 unspecified atom stereocenters. The number of benzene rings is 1. The van der Waals surface area contributed by atoms with Gasteiger partial charge in [-0.3, -0.25) is 0 Å². The van der Waals surface area contributed by atoms with E-state index in [2.05, 4.69) is 44.2 Å². The summed E-state index contributed by atoms with van der Waals surface area (Å²) in [7, 11) is 0. The number of fused-ring (bicyclic) bond motifs is 3. The van der Waals surface area contributed by atoms with Gasteiger partial charge in [0.2, 0.25) is 0 Å². The lowest BCUT2D eigenvalue weighted by atomic mass is 9.82. The maximum absolute atomic E-state index is 5.87. The van der Waals surface area contributed by atoms with Crippen molar-refractivity contribution >= 4 is 0 Å². The first kappa shape index (κ1) is 8.78. The molecule has 0 N–H and O–H groups in total. The van der Waals surface area contributed by atoms with Crippen molar-refractivity contribution in [3.8, 4) is 5.75 Å². The monoisotopic (exact) mass is 198 g/mol. The van der Waals surface area contributed by atoms with Crippen LogP contribution in [0.5, 0.6) is 5.75 Å².